The number of carbonyl (C=O) groups is 1. The maximum atomic E-state index is 12.0. The lowest BCUT2D eigenvalue weighted by Crippen LogP contribution is -2.26. The molecule has 0 atom stereocenters. The van der Waals surface area contributed by atoms with Gasteiger partial charge in [-0.1, -0.05) is 17.7 Å². The molecular weight excluding hydrogens is 266 g/mol. The SMILES string of the molecule is COc1ccc(C)cc1CC(=O)NCCCc1ncc[nH]1. The number of H-pyrrole nitrogens is 1. The number of ether oxygens (including phenoxy) is 1. The highest BCUT2D eigenvalue weighted by atomic mass is 16.5. The van der Waals surface area contributed by atoms with E-state index >= 15 is 0 Å². The summed E-state index contributed by atoms with van der Waals surface area (Å²) in [6, 6.07) is 5.86. The van der Waals surface area contributed by atoms with Gasteiger partial charge in [0.1, 0.15) is 11.6 Å². The highest BCUT2D eigenvalue weighted by Gasteiger charge is 2.08. The zero-order valence-electron chi connectivity index (χ0n) is 12.5. The molecule has 1 aromatic heterocycles. The molecule has 2 rings (SSSR count). The van der Waals surface area contributed by atoms with Gasteiger partial charge in [0.25, 0.3) is 0 Å². The van der Waals surface area contributed by atoms with Crippen molar-refractivity contribution in [2.75, 3.05) is 13.7 Å². The minimum atomic E-state index is 0.0124. The van der Waals surface area contributed by atoms with Crippen molar-refractivity contribution in [3.8, 4) is 5.75 Å². The monoisotopic (exact) mass is 287 g/mol. The summed E-state index contributed by atoms with van der Waals surface area (Å²) in [7, 11) is 1.62. The van der Waals surface area contributed by atoms with Gasteiger partial charge in [0.15, 0.2) is 0 Å². The Morgan fingerprint density at radius 2 is 2.29 bits per heavy atom. The van der Waals surface area contributed by atoms with Gasteiger partial charge >= 0.3 is 0 Å². The summed E-state index contributed by atoms with van der Waals surface area (Å²) in [4.78, 5) is 19.2. The zero-order valence-corrected chi connectivity index (χ0v) is 12.5. The van der Waals surface area contributed by atoms with Crippen LogP contribution in [-0.4, -0.2) is 29.5 Å². The summed E-state index contributed by atoms with van der Waals surface area (Å²) in [5, 5.41) is 2.93. The van der Waals surface area contributed by atoms with Gasteiger partial charge in [-0.2, -0.15) is 0 Å². The van der Waals surface area contributed by atoms with Gasteiger partial charge in [-0.3, -0.25) is 4.79 Å². The number of nitrogens with one attached hydrogen (secondary N) is 2. The van der Waals surface area contributed by atoms with Crippen LogP contribution in [0.25, 0.3) is 0 Å². The average molecular weight is 287 g/mol. The van der Waals surface area contributed by atoms with Crippen molar-refractivity contribution in [1.82, 2.24) is 15.3 Å². The largest absolute Gasteiger partial charge is 0.496 e. The molecule has 0 aliphatic carbocycles. The van der Waals surface area contributed by atoms with Crippen LogP contribution in [0.4, 0.5) is 0 Å². The van der Waals surface area contributed by atoms with E-state index < -0.39 is 0 Å². The average Bonchev–Trinajstić information content (AvgIpc) is 2.97. The van der Waals surface area contributed by atoms with Gasteiger partial charge < -0.3 is 15.0 Å². The molecule has 0 saturated heterocycles. The Bertz CT molecular complexity index is 579. The maximum Gasteiger partial charge on any atom is 0.224 e. The number of hydrogen-bond acceptors (Lipinski definition) is 3. The Balaban J connectivity index is 1.77. The van der Waals surface area contributed by atoms with E-state index in [9.17, 15) is 4.79 Å². The Morgan fingerprint density at radius 3 is 3.00 bits per heavy atom. The number of carbonyl (C=O) groups excluding carboxylic acids is 1. The molecule has 0 aliphatic rings. The normalized spacial score (nSPS) is 10.4. The van der Waals surface area contributed by atoms with Crippen LogP contribution in [0.2, 0.25) is 0 Å². The highest BCUT2D eigenvalue weighted by molar-refractivity contribution is 5.79. The fourth-order valence-corrected chi connectivity index (χ4v) is 2.20. The van der Waals surface area contributed by atoms with Gasteiger partial charge in [-0.05, 0) is 19.4 Å². The quantitative estimate of drug-likeness (QED) is 0.766. The number of benzene rings is 1. The van der Waals surface area contributed by atoms with Crippen molar-refractivity contribution in [2.24, 2.45) is 0 Å². The zero-order chi connectivity index (χ0) is 15.1. The molecule has 0 bridgehead atoms. The molecule has 0 aliphatic heterocycles. The minimum Gasteiger partial charge on any atom is -0.496 e. The summed E-state index contributed by atoms with van der Waals surface area (Å²) in [6.07, 6.45) is 5.58. The smallest absolute Gasteiger partial charge is 0.224 e. The van der Waals surface area contributed by atoms with E-state index in [2.05, 4.69) is 15.3 Å². The third-order valence-electron chi connectivity index (χ3n) is 3.25. The van der Waals surface area contributed by atoms with Gasteiger partial charge in [-0.15, -0.1) is 0 Å². The van der Waals surface area contributed by atoms with E-state index in [0.29, 0.717) is 13.0 Å². The van der Waals surface area contributed by atoms with Gasteiger partial charge in [-0.25, -0.2) is 4.98 Å². The molecule has 1 amide bonds. The second-order valence-corrected chi connectivity index (χ2v) is 4.98. The van der Waals surface area contributed by atoms with Crippen molar-refractivity contribution in [3.63, 3.8) is 0 Å². The number of imidazole rings is 1. The van der Waals surface area contributed by atoms with Crippen molar-refractivity contribution in [3.05, 3.63) is 47.5 Å². The van der Waals surface area contributed by atoms with Gasteiger partial charge in [0.2, 0.25) is 5.91 Å². The van der Waals surface area contributed by atoms with E-state index in [1.54, 1.807) is 19.5 Å². The molecule has 2 aromatic rings. The van der Waals surface area contributed by atoms with Crippen molar-refractivity contribution >= 4 is 5.91 Å². The number of amides is 1. The van der Waals surface area contributed by atoms with E-state index in [4.69, 9.17) is 4.74 Å². The summed E-state index contributed by atoms with van der Waals surface area (Å²) in [5.74, 6) is 1.72. The number of nitrogens with zero attached hydrogens (tertiary/aromatic N) is 1. The molecule has 5 nitrogen and oxygen atoms in total. The number of methoxy groups -OCH3 is 1. The topological polar surface area (TPSA) is 67.0 Å². The van der Waals surface area contributed by atoms with E-state index in [1.807, 2.05) is 25.1 Å². The van der Waals surface area contributed by atoms with Crippen LogP contribution in [0.3, 0.4) is 0 Å². The first-order chi connectivity index (χ1) is 10.2. The Morgan fingerprint density at radius 1 is 1.43 bits per heavy atom. The molecule has 112 valence electrons. The van der Waals surface area contributed by atoms with Crippen molar-refractivity contribution in [2.45, 2.75) is 26.2 Å². The molecule has 0 unspecified atom stereocenters. The molecule has 2 N–H and O–H groups in total. The molecular formula is C16H21N3O2. The van der Waals surface area contributed by atoms with Crippen LogP contribution in [-0.2, 0) is 17.6 Å². The summed E-state index contributed by atoms with van der Waals surface area (Å²) in [6.45, 7) is 2.65. The first-order valence-corrected chi connectivity index (χ1v) is 7.07. The fourth-order valence-electron chi connectivity index (χ4n) is 2.20. The van der Waals surface area contributed by atoms with Crippen LogP contribution in [0.5, 0.6) is 5.75 Å². The maximum absolute atomic E-state index is 12.0. The summed E-state index contributed by atoms with van der Waals surface area (Å²) >= 11 is 0. The van der Waals surface area contributed by atoms with Crippen molar-refractivity contribution < 1.29 is 9.53 Å². The predicted molar refractivity (Wildman–Crippen MR) is 81.4 cm³/mol. The van der Waals surface area contributed by atoms with Crippen LogP contribution in [0.1, 0.15) is 23.4 Å². The minimum absolute atomic E-state index is 0.0124. The number of rotatable bonds is 7. The lowest BCUT2D eigenvalue weighted by Gasteiger charge is -2.10. The number of aromatic nitrogens is 2. The molecule has 0 saturated carbocycles. The van der Waals surface area contributed by atoms with E-state index in [0.717, 1.165) is 35.5 Å². The molecule has 0 spiro atoms. The van der Waals surface area contributed by atoms with Crippen LogP contribution in [0, 0.1) is 6.92 Å². The van der Waals surface area contributed by atoms with Gasteiger partial charge in [0.05, 0.1) is 13.5 Å². The van der Waals surface area contributed by atoms with E-state index in [-0.39, 0.29) is 5.91 Å². The van der Waals surface area contributed by atoms with Crippen LogP contribution >= 0.6 is 0 Å². The Labute approximate surface area is 124 Å². The fraction of sp³-hybridized carbons (Fsp3) is 0.375. The number of aromatic amines is 1. The molecule has 0 radical (unpaired) electrons. The summed E-state index contributed by atoms with van der Waals surface area (Å²) < 4.78 is 5.28. The summed E-state index contributed by atoms with van der Waals surface area (Å²) in [5.41, 5.74) is 2.04. The van der Waals surface area contributed by atoms with Crippen LogP contribution < -0.4 is 10.1 Å². The lowest BCUT2D eigenvalue weighted by molar-refractivity contribution is -0.120. The van der Waals surface area contributed by atoms with Crippen molar-refractivity contribution in [1.29, 1.82) is 0 Å². The first kappa shape index (κ1) is 15.1. The standard InChI is InChI=1S/C16H21N3O2/c1-12-5-6-14(21-2)13(10-12)11-16(20)19-7-3-4-15-17-8-9-18-15/h5-6,8-10H,3-4,7,11H2,1-2H3,(H,17,18)(H,19,20). The molecule has 21 heavy (non-hydrogen) atoms. The van der Waals surface area contributed by atoms with Gasteiger partial charge in [0, 0.05) is 30.9 Å². The third-order valence-corrected chi connectivity index (χ3v) is 3.25. The molecule has 0 fully saturated rings. The molecule has 5 heteroatoms. The second-order valence-electron chi connectivity index (χ2n) is 4.98. The van der Waals surface area contributed by atoms with Crippen LogP contribution in [0.15, 0.2) is 30.6 Å². The highest BCUT2D eigenvalue weighted by Crippen LogP contribution is 2.19. The lowest BCUT2D eigenvalue weighted by atomic mass is 10.1. The third kappa shape index (κ3) is 4.63. The molecule has 1 heterocycles. The molecule has 1 aromatic carbocycles. The second kappa shape index (κ2) is 7.47. The Kier molecular flexibility index (Phi) is 5.37. The predicted octanol–water partition coefficient (Wildman–Crippen LogP) is 2.02. The Hall–Kier alpha value is -2.30. The number of aryl methyl sites for hydroxylation is 2. The first-order valence-electron chi connectivity index (χ1n) is 7.07. The van der Waals surface area contributed by atoms with E-state index in [1.165, 1.54) is 0 Å². The number of hydrogen-bond donors (Lipinski definition) is 2.